The van der Waals surface area contributed by atoms with Crippen LogP contribution in [0.15, 0.2) is 24.5 Å². The summed E-state index contributed by atoms with van der Waals surface area (Å²) in [5.74, 6) is 1.35. The van der Waals surface area contributed by atoms with E-state index in [4.69, 9.17) is 23.9 Å². The van der Waals surface area contributed by atoms with Crippen molar-refractivity contribution >= 4 is 22.6 Å². The highest BCUT2D eigenvalue weighted by molar-refractivity contribution is 5.98. The lowest BCUT2D eigenvalue weighted by molar-refractivity contribution is -0.116. The van der Waals surface area contributed by atoms with Crippen LogP contribution >= 0.6 is 0 Å². The normalized spacial score (nSPS) is 20.0. The molecule has 0 N–H and O–H groups in total. The summed E-state index contributed by atoms with van der Waals surface area (Å²) >= 11 is 0. The van der Waals surface area contributed by atoms with Gasteiger partial charge in [-0.3, -0.25) is 4.79 Å². The molecule has 3 aromatic rings. The van der Waals surface area contributed by atoms with Crippen LogP contribution in [0.1, 0.15) is 37.9 Å². The number of nitrogens with zero attached hydrogens (tertiary/aromatic N) is 4. The first-order valence-corrected chi connectivity index (χ1v) is 12.4. The summed E-state index contributed by atoms with van der Waals surface area (Å²) in [6.07, 6.45) is 6.26. The topological polar surface area (TPSA) is 87.9 Å². The Hall–Kier alpha value is -3.01. The third kappa shape index (κ3) is 4.36. The molecule has 9 nitrogen and oxygen atoms in total. The Morgan fingerprint density at radius 1 is 1.33 bits per heavy atom. The first-order chi connectivity index (χ1) is 17.3. The highest BCUT2D eigenvalue weighted by Gasteiger charge is 2.44. The fraction of sp³-hybridized carbons (Fsp3) is 0.519. The zero-order valence-electron chi connectivity index (χ0n) is 21.7. The molecule has 1 fully saturated rings. The number of anilines is 1. The Morgan fingerprint density at radius 2 is 2.17 bits per heavy atom. The molecule has 0 aliphatic carbocycles. The summed E-state index contributed by atoms with van der Waals surface area (Å²) in [4.78, 5) is 23.2. The van der Waals surface area contributed by atoms with Gasteiger partial charge in [0, 0.05) is 82.8 Å². The second kappa shape index (κ2) is 9.80. The molecule has 1 amide bonds. The Bertz CT molecular complexity index is 1280. The van der Waals surface area contributed by atoms with Crippen molar-refractivity contribution in [1.82, 2.24) is 14.5 Å². The Labute approximate surface area is 211 Å². The maximum atomic E-state index is 12.0. The van der Waals surface area contributed by atoms with Crippen LogP contribution in [0.5, 0.6) is 5.75 Å². The van der Waals surface area contributed by atoms with Crippen molar-refractivity contribution in [3.8, 4) is 17.0 Å². The van der Waals surface area contributed by atoms with Crippen LogP contribution in [0.4, 0.5) is 5.82 Å². The molecule has 0 saturated carbocycles. The van der Waals surface area contributed by atoms with Gasteiger partial charge in [-0.25, -0.2) is 9.97 Å². The zero-order chi connectivity index (χ0) is 25.4. The van der Waals surface area contributed by atoms with Crippen molar-refractivity contribution in [2.45, 2.75) is 44.8 Å². The molecule has 2 atom stereocenters. The average Bonchev–Trinajstić information content (AvgIpc) is 3.48. The van der Waals surface area contributed by atoms with Crippen LogP contribution < -0.4 is 9.64 Å². The minimum absolute atomic E-state index is 0.0764. The van der Waals surface area contributed by atoms with Gasteiger partial charge in [0.15, 0.2) is 0 Å². The third-order valence-corrected chi connectivity index (χ3v) is 7.37. The molecule has 3 aromatic heterocycles. The average molecular weight is 495 g/mol. The number of rotatable bonds is 7. The van der Waals surface area contributed by atoms with E-state index >= 15 is 0 Å². The van der Waals surface area contributed by atoms with Gasteiger partial charge in [0.25, 0.3) is 0 Å². The smallest absolute Gasteiger partial charge is 0.224 e. The summed E-state index contributed by atoms with van der Waals surface area (Å²) in [6, 6.07) is 3.98. The van der Waals surface area contributed by atoms with Crippen molar-refractivity contribution in [2.75, 3.05) is 45.5 Å². The van der Waals surface area contributed by atoms with Crippen molar-refractivity contribution in [2.24, 2.45) is 7.05 Å². The van der Waals surface area contributed by atoms with Crippen molar-refractivity contribution in [1.29, 1.82) is 0 Å². The number of carbonyl (C=O) groups is 1. The Balaban J connectivity index is 1.64. The monoisotopic (exact) mass is 494 g/mol. The van der Waals surface area contributed by atoms with Gasteiger partial charge in [0.1, 0.15) is 17.2 Å². The molecule has 0 bridgehead atoms. The van der Waals surface area contributed by atoms with Gasteiger partial charge < -0.3 is 28.4 Å². The van der Waals surface area contributed by atoms with E-state index in [9.17, 15) is 4.79 Å². The number of amides is 1. The number of carbonyl (C=O) groups excluding carboxylic acids is 1. The van der Waals surface area contributed by atoms with E-state index in [0.29, 0.717) is 32.2 Å². The van der Waals surface area contributed by atoms with Gasteiger partial charge in [-0.2, -0.15) is 0 Å². The molecule has 1 spiro atoms. The molecule has 5 heterocycles. The SMILES string of the molecule is CO[C@@H](C)CCOc1cc(-c2cn(C)c3cnc(N(C)C(C)=O)cc23)nc2c1CCOC21CCOC1. The van der Waals surface area contributed by atoms with Gasteiger partial charge in [-0.05, 0) is 13.0 Å². The summed E-state index contributed by atoms with van der Waals surface area (Å²) in [5, 5.41) is 0.968. The molecular weight excluding hydrogens is 460 g/mol. The first-order valence-electron chi connectivity index (χ1n) is 12.4. The number of aryl methyl sites for hydroxylation is 1. The molecular formula is C27H34N4O5. The largest absolute Gasteiger partial charge is 0.493 e. The fourth-order valence-electron chi connectivity index (χ4n) is 4.97. The molecule has 2 aliphatic heterocycles. The summed E-state index contributed by atoms with van der Waals surface area (Å²) < 4.78 is 25.9. The Morgan fingerprint density at radius 3 is 2.89 bits per heavy atom. The number of hydrogen-bond donors (Lipinski definition) is 0. The lowest BCUT2D eigenvalue weighted by Crippen LogP contribution is -2.37. The van der Waals surface area contributed by atoms with Crippen LogP contribution in [0.25, 0.3) is 22.2 Å². The number of aromatic nitrogens is 3. The van der Waals surface area contributed by atoms with Gasteiger partial charge >= 0.3 is 0 Å². The number of methoxy groups -OCH3 is 1. The quantitative estimate of drug-likeness (QED) is 0.496. The lowest BCUT2D eigenvalue weighted by Gasteiger charge is -2.34. The van der Waals surface area contributed by atoms with Gasteiger partial charge in [0.2, 0.25) is 5.91 Å². The molecule has 1 saturated heterocycles. The summed E-state index contributed by atoms with van der Waals surface area (Å²) in [7, 11) is 5.43. The molecule has 36 heavy (non-hydrogen) atoms. The lowest BCUT2D eigenvalue weighted by atomic mass is 9.89. The maximum Gasteiger partial charge on any atom is 0.224 e. The molecule has 0 aromatic carbocycles. The molecule has 9 heteroatoms. The van der Waals surface area contributed by atoms with Crippen molar-refractivity contribution < 1.29 is 23.7 Å². The van der Waals surface area contributed by atoms with Crippen LogP contribution in [-0.4, -0.2) is 67.1 Å². The number of ether oxygens (including phenoxy) is 4. The van der Waals surface area contributed by atoms with E-state index in [0.717, 1.165) is 58.4 Å². The van der Waals surface area contributed by atoms with Crippen molar-refractivity contribution in [3.63, 3.8) is 0 Å². The highest BCUT2D eigenvalue weighted by Crippen LogP contribution is 2.44. The van der Waals surface area contributed by atoms with Gasteiger partial charge in [-0.15, -0.1) is 0 Å². The number of pyridine rings is 2. The van der Waals surface area contributed by atoms with Gasteiger partial charge in [0.05, 0.1) is 49.0 Å². The Kier molecular flexibility index (Phi) is 6.72. The highest BCUT2D eigenvalue weighted by atomic mass is 16.6. The predicted molar refractivity (Wildman–Crippen MR) is 136 cm³/mol. The van der Waals surface area contributed by atoms with E-state index in [1.807, 2.05) is 30.7 Å². The second-order valence-electron chi connectivity index (χ2n) is 9.70. The van der Waals surface area contributed by atoms with E-state index < -0.39 is 5.60 Å². The minimum atomic E-state index is -0.548. The fourth-order valence-corrected chi connectivity index (χ4v) is 4.97. The summed E-state index contributed by atoms with van der Waals surface area (Å²) in [5.41, 5.74) is 4.16. The van der Waals surface area contributed by atoms with Crippen molar-refractivity contribution in [3.05, 3.63) is 35.8 Å². The van der Waals surface area contributed by atoms with Crippen LogP contribution in [0, 0.1) is 0 Å². The van der Waals surface area contributed by atoms with Gasteiger partial charge in [-0.1, -0.05) is 0 Å². The maximum absolute atomic E-state index is 12.0. The number of hydrogen-bond acceptors (Lipinski definition) is 7. The van der Waals surface area contributed by atoms with E-state index in [2.05, 4.69) is 11.2 Å². The van der Waals surface area contributed by atoms with Crippen LogP contribution in [-0.2, 0) is 38.1 Å². The van der Waals surface area contributed by atoms with Crippen LogP contribution in [0.3, 0.4) is 0 Å². The van der Waals surface area contributed by atoms with E-state index in [1.54, 1.807) is 25.3 Å². The van der Waals surface area contributed by atoms with Crippen LogP contribution in [0.2, 0.25) is 0 Å². The van der Waals surface area contributed by atoms with E-state index in [1.165, 1.54) is 6.92 Å². The minimum Gasteiger partial charge on any atom is -0.493 e. The molecule has 1 unspecified atom stereocenters. The molecule has 5 rings (SSSR count). The standard InChI is InChI=1S/C27H34N4O5/c1-17(33-5)6-9-35-24-13-22(29-26-19(24)7-10-36-27(26)8-11-34-16-27)21-15-30(3)23-14-28-25(12-20(21)23)31(4)18(2)32/h12-15,17H,6-11,16H2,1-5H3/t17-,27?/m0/s1. The zero-order valence-corrected chi connectivity index (χ0v) is 21.7. The molecule has 2 aliphatic rings. The summed E-state index contributed by atoms with van der Waals surface area (Å²) in [6.45, 7) is 5.86. The molecule has 192 valence electrons. The second-order valence-corrected chi connectivity index (χ2v) is 9.70. The number of fused-ring (bicyclic) bond motifs is 3. The first kappa shape index (κ1) is 24.7. The van der Waals surface area contributed by atoms with E-state index in [-0.39, 0.29) is 12.0 Å². The molecule has 0 radical (unpaired) electrons. The third-order valence-electron chi connectivity index (χ3n) is 7.37. The predicted octanol–water partition coefficient (Wildman–Crippen LogP) is 3.61.